The lowest BCUT2D eigenvalue weighted by molar-refractivity contribution is -0.0496. The maximum Gasteiger partial charge on any atom is 0.181 e. The first-order chi connectivity index (χ1) is 13.6. The average molecular weight is 387 g/mol. The summed E-state index contributed by atoms with van der Waals surface area (Å²) < 4.78 is 11.4. The third-order valence-electron chi connectivity index (χ3n) is 4.79. The van der Waals surface area contributed by atoms with Crippen LogP contribution in [-0.4, -0.2) is 53.2 Å². The molecule has 1 saturated heterocycles. The number of nitrogens with two attached hydrogens (primary N) is 2. The summed E-state index contributed by atoms with van der Waals surface area (Å²) in [6, 6.07) is 3.57. The van der Waals surface area contributed by atoms with Gasteiger partial charge in [0.1, 0.15) is 24.0 Å². The van der Waals surface area contributed by atoms with Crippen LogP contribution in [0, 0.1) is 5.92 Å². The topological polar surface area (TPSA) is 128 Å². The van der Waals surface area contributed by atoms with E-state index in [9.17, 15) is 0 Å². The largest absolute Gasteiger partial charge is 0.451 e. The van der Waals surface area contributed by atoms with Crippen molar-refractivity contribution in [3.05, 3.63) is 36.7 Å². The van der Waals surface area contributed by atoms with Gasteiger partial charge in [0.15, 0.2) is 6.39 Å². The van der Waals surface area contributed by atoms with Gasteiger partial charge >= 0.3 is 0 Å². The van der Waals surface area contributed by atoms with E-state index in [0.717, 1.165) is 38.2 Å². The molecular weight excluding hydrogens is 358 g/mol. The highest BCUT2D eigenvalue weighted by Crippen LogP contribution is 2.23. The van der Waals surface area contributed by atoms with Gasteiger partial charge in [-0.05, 0) is 25.3 Å². The summed E-state index contributed by atoms with van der Waals surface area (Å²) >= 11 is 0. The Morgan fingerprint density at radius 1 is 1.50 bits per heavy atom. The van der Waals surface area contributed by atoms with Gasteiger partial charge < -0.3 is 20.2 Å². The lowest BCUT2D eigenvalue weighted by Gasteiger charge is -2.35. The minimum absolute atomic E-state index is 0.0611. The maximum atomic E-state index is 6.38. The molecule has 3 atom stereocenters. The minimum atomic E-state index is -0.273. The molecule has 0 spiro atoms. The summed E-state index contributed by atoms with van der Waals surface area (Å²) in [6.45, 7) is 4.35. The number of oxazole rings is 1. The zero-order valence-corrected chi connectivity index (χ0v) is 16.2. The van der Waals surface area contributed by atoms with Gasteiger partial charge in [-0.1, -0.05) is 6.92 Å². The summed E-state index contributed by atoms with van der Waals surface area (Å²) in [7, 11) is 0. The lowest BCUT2D eigenvalue weighted by atomic mass is 9.93. The monoisotopic (exact) mass is 387 g/mol. The van der Waals surface area contributed by atoms with Crippen molar-refractivity contribution in [1.82, 2.24) is 15.0 Å². The third kappa shape index (κ3) is 6.01. The normalized spacial score (nSPS) is 20.3. The van der Waals surface area contributed by atoms with Crippen molar-refractivity contribution < 1.29 is 9.15 Å². The van der Waals surface area contributed by atoms with E-state index in [0.29, 0.717) is 23.8 Å². The summed E-state index contributed by atoms with van der Waals surface area (Å²) in [5.41, 5.74) is 7.19. The molecule has 0 saturated carbocycles. The molecule has 9 nitrogen and oxygen atoms in total. The van der Waals surface area contributed by atoms with Crippen LogP contribution in [0.25, 0.3) is 0 Å². The molecule has 0 bridgehead atoms. The molecule has 0 amide bonds. The third-order valence-corrected chi connectivity index (χ3v) is 4.79. The van der Waals surface area contributed by atoms with E-state index in [1.807, 2.05) is 18.0 Å². The van der Waals surface area contributed by atoms with Gasteiger partial charge in [0.25, 0.3) is 0 Å². The summed E-state index contributed by atoms with van der Waals surface area (Å²) in [5.74, 6) is 7.10. The molecule has 0 aliphatic carbocycles. The number of piperidine rings is 1. The molecule has 1 fully saturated rings. The van der Waals surface area contributed by atoms with E-state index >= 15 is 0 Å². The second-order valence-electron chi connectivity index (χ2n) is 6.98. The molecule has 0 radical (unpaired) electrons. The fraction of sp³-hybridized carbons (Fsp3) is 0.526. The fourth-order valence-corrected chi connectivity index (χ4v) is 3.30. The lowest BCUT2D eigenvalue weighted by Crippen LogP contribution is -2.47. The first-order valence-electron chi connectivity index (χ1n) is 9.66. The van der Waals surface area contributed by atoms with Crippen molar-refractivity contribution in [3.8, 4) is 0 Å². The van der Waals surface area contributed by atoms with Gasteiger partial charge in [-0.3, -0.25) is 10.8 Å². The Hall–Kier alpha value is -2.49. The summed E-state index contributed by atoms with van der Waals surface area (Å²) in [4.78, 5) is 12.9. The molecule has 5 N–H and O–H groups in total. The van der Waals surface area contributed by atoms with Crippen LogP contribution in [0.15, 0.2) is 40.4 Å². The number of nitrogens with zero attached hydrogens (tertiary/aromatic N) is 4. The average Bonchev–Trinajstić information content (AvgIpc) is 3.21. The van der Waals surface area contributed by atoms with E-state index in [1.165, 1.54) is 6.39 Å². The number of nitrogen functional groups attached to an aromatic ring is 1. The number of hydrogen-bond acceptors (Lipinski definition) is 9. The molecule has 152 valence electrons. The van der Waals surface area contributed by atoms with E-state index in [-0.39, 0.29) is 12.3 Å². The van der Waals surface area contributed by atoms with Gasteiger partial charge in [-0.15, -0.1) is 0 Å². The van der Waals surface area contributed by atoms with E-state index in [1.54, 1.807) is 24.7 Å². The molecule has 28 heavy (non-hydrogen) atoms. The zero-order chi connectivity index (χ0) is 19.8. The first-order valence-corrected chi connectivity index (χ1v) is 9.66. The Balaban J connectivity index is 1.67. The maximum absolute atomic E-state index is 6.38. The quantitative estimate of drug-likeness (QED) is 0.440. The second-order valence-corrected chi connectivity index (χ2v) is 6.98. The highest BCUT2D eigenvalue weighted by atomic mass is 16.5. The molecule has 3 rings (SSSR count). The van der Waals surface area contributed by atoms with E-state index in [2.05, 4.69) is 20.3 Å². The fourth-order valence-electron chi connectivity index (χ4n) is 3.30. The van der Waals surface area contributed by atoms with Crippen LogP contribution in [0.4, 0.5) is 11.5 Å². The van der Waals surface area contributed by atoms with Gasteiger partial charge in [0.05, 0.1) is 12.3 Å². The summed E-state index contributed by atoms with van der Waals surface area (Å²) in [6.07, 6.45) is 8.83. The standard InChI is InChI=1S/C19H29N7O2/c1-2-19(24-9-16-12-27-13-25-16)28-17(14-4-3-7-26(21)11-14)10-23-18-8-15(20)5-6-22-18/h5-6,8-9,12-14,17,19H,2-4,7,10-11,21H2,1H3,(H3,20,22,23)/b24-9+. The number of pyridine rings is 1. The number of ether oxygens (including phenoxy) is 1. The van der Waals surface area contributed by atoms with Crippen molar-refractivity contribution in [2.75, 3.05) is 30.7 Å². The number of hydrazine groups is 1. The SMILES string of the molecule is CCC(/N=C/c1cocn1)OC(CNc1cc(N)ccn1)C1CCCN(N)C1. The van der Waals surface area contributed by atoms with Crippen LogP contribution < -0.4 is 16.9 Å². The molecule has 2 aromatic rings. The number of hydrogen-bond donors (Lipinski definition) is 3. The molecule has 1 aliphatic rings. The van der Waals surface area contributed by atoms with Crippen molar-refractivity contribution in [2.24, 2.45) is 16.8 Å². The molecule has 0 aromatic carbocycles. The smallest absolute Gasteiger partial charge is 0.181 e. The Bertz CT molecular complexity index is 738. The molecule has 9 heteroatoms. The van der Waals surface area contributed by atoms with Gasteiger partial charge in [-0.2, -0.15) is 0 Å². The van der Waals surface area contributed by atoms with Gasteiger partial charge in [0.2, 0.25) is 0 Å². The van der Waals surface area contributed by atoms with Crippen molar-refractivity contribution in [3.63, 3.8) is 0 Å². The van der Waals surface area contributed by atoms with Crippen molar-refractivity contribution >= 4 is 17.7 Å². The van der Waals surface area contributed by atoms with Crippen molar-refractivity contribution in [2.45, 2.75) is 38.5 Å². The van der Waals surface area contributed by atoms with E-state index < -0.39 is 0 Å². The Morgan fingerprint density at radius 2 is 2.39 bits per heavy atom. The van der Waals surface area contributed by atoms with Crippen LogP contribution in [0.2, 0.25) is 0 Å². The molecular formula is C19H29N7O2. The number of anilines is 2. The van der Waals surface area contributed by atoms with Gasteiger partial charge in [0, 0.05) is 43.5 Å². The van der Waals surface area contributed by atoms with Crippen molar-refractivity contribution in [1.29, 1.82) is 0 Å². The number of rotatable bonds is 9. The molecule has 3 heterocycles. The number of aliphatic imine (C=N–C) groups is 1. The Labute approximate surface area is 165 Å². The Morgan fingerprint density at radius 3 is 3.11 bits per heavy atom. The summed E-state index contributed by atoms with van der Waals surface area (Å²) in [5, 5.41) is 5.21. The highest BCUT2D eigenvalue weighted by Gasteiger charge is 2.28. The van der Waals surface area contributed by atoms with Crippen LogP contribution in [0.3, 0.4) is 0 Å². The Kier molecular flexibility index (Phi) is 7.35. The highest BCUT2D eigenvalue weighted by molar-refractivity contribution is 5.76. The minimum Gasteiger partial charge on any atom is -0.451 e. The molecule has 3 unspecified atom stereocenters. The van der Waals surface area contributed by atoms with E-state index in [4.69, 9.17) is 20.7 Å². The predicted octanol–water partition coefficient (Wildman–Crippen LogP) is 1.89. The predicted molar refractivity (Wildman–Crippen MR) is 109 cm³/mol. The van der Waals surface area contributed by atoms with Crippen LogP contribution in [0.1, 0.15) is 31.9 Å². The van der Waals surface area contributed by atoms with Crippen LogP contribution in [0.5, 0.6) is 0 Å². The first kappa shape index (κ1) is 20.2. The number of nitrogens with one attached hydrogen (secondary N) is 1. The van der Waals surface area contributed by atoms with Crippen LogP contribution >= 0.6 is 0 Å². The zero-order valence-electron chi connectivity index (χ0n) is 16.2. The second kappa shape index (κ2) is 10.2. The van der Waals surface area contributed by atoms with Gasteiger partial charge in [-0.25, -0.2) is 15.0 Å². The number of aromatic nitrogens is 2. The molecule has 1 aliphatic heterocycles. The molecule has 2 aromatic heterocycles. The van der Waals surface area contributed by atoms with Crippen LogP contribution in [-0.2, 0) is 4.74 Å².